The van der Waals surface area contributed by atoms with E-state index in [1.54, 1.807) is 37.0 Å². The van der Waals surface area contributed by atoms with Crippen molar-refractivity contribution in [2.24, 2.45) is 0 Å². The van der Waals surface area contributed by atoms with Gasteiger partial charge in [0.2, 0.25) is 11.4 Å². The third kappa shape index (κ3) is 3.44. The lowest BCUT2D eigenvalue weighted by Crippen LogP contribution is -2.67. The van der Waals surface area contributed by atoms with Crippen LogP contribution in [0.1, 0.15) is 21.5 Å². The summed E-state index contributed by atoms with van der Waals surface area (Å²) in [6.07, 6.45) is 0. The van der Waals surface area contributed by atoms with Gasteiger partial charge in [0.1, 0.15) is 5.82 Å². The summed E-state index contributed by atoms with van der Waals surface area (Å²) >= 11 is 1.61. The molecule has 0 bridgehead atoms. The molecule has 3 aromatic carbocycles. The quantitative estimate of drug-likeness (QED) is 0.544. The van der Waals surface area contributed by atoms with Crippen LogP contribution in [0.25, 0.3) is 0 Å². The van der Waals surface area contributed by atoms with Crippen LogP contribution in [0, 0.1) is 5.82 Å². The summed E-state index contributed by atoms with van der Waals surface area (Å²) in [5.74, 6) is -0.543. The van der Waals surface area contributed by atoms with Crippen molar-refractivity contribution in [3.05, 3.63) is 89.2 Å². The second kappa shape index (κ2) is 7.58. The summed E-state index contributed by atoms with van der Waals surface area (Å²) in [6.45, 7) is 0. The van der Waals surface area contributed by atoms with Crippen molar-refractivity contribution in [2.75, 3.05) is 14.2 Å². The van der Waals surface area contributed by atoms with Crippen LogP contribution in [0.3, 0.4) is 0 Å². The van der Waals surface area contributed by atoms with Crippen LogP contribution in [-0.2, 0) is 4.84 Å². The molecule has 1 amide bonds. The largest absolute Gasteiger partial charge is 0.277 e. The van der Waals surface area contributed by atoms with Crippen molar-refractivity contribution in [1.82, 2.24) is 5.06 Å². The smallest absolute Gasteiger partial charge is 0.274 e. The molecule has 0 aliphatic carbocycles. The molecule has 0 radical (unpaired) electrons. The summed E-state index contributed by atoms with van der Waals surface area (Å²) in [5, 5.41) is 1.18. The second-order valence-electron chi connectivity index (χ2n) is 6.30. The lowest BCUT2D eigenvalue weighted by molar-refractivity contribution is -0.355. The molecule has 0 saturated heterocycles. The van der Waals surface area contributed by atoms with Crippen LogP contribution in [0.2, 0.25) is 0 Å². The summed E-state index contributed by atoms with van der Waals surface area (Å²) in [5.41, 5.74) is 3.81. The zero-order chi connectivity index (χ0) is 19.7. The Bertz CT molecular complexity index is 1100. The minimum Gasteiger partial charge on any atom is -0.274 e. The number of nitrogens with zero attached hydrogens (tertiary/aromatic N) is 1. The summed E-state index contributed by atoms with van der Waals surface area (Å²) in [7, 11) is 3.01. The van der Waals surface area contributed by atoms with Gasteiger partial charge in [0, 0.05) is 29.1 Å². The maximum atomic E-state index is 13.9. The van der Waals surface area contributed by atoms with E-state index in [1.807, 2.05) is 36.4 Å². The SMILES string of the molecule is CON(C)C(=O)c1ccc2c(c1)[NH+]=C(c1cccc(F)c1)c1ccccc1S2. The first-order valence-electron chi connectivity index (χ1n) is 8.70. The summed E-state index contributed by atoms with van der Waals surface area (Å²) in [4.78, 5) is 22.9. The van der Waals surface area contributed by atoms with Crippen molar-refractivity contribution in [2.45, 2.75) is 9.79 Å². The molecule has 140 valence electrons. The Morgan fingerprint density at radius 3 is 2.64 bits per heavy atom. The number of fused-ring (bicyclic) bond motifs is 2. The van der Waals surface area contributed by atoms with E-state index in [0.717, 1.165) is 32.3 Å². The minimum atomic E-state index is -0.299. The number of benzene rings is 3. The lowest BCUT2D eigenvalue weighted by Gasteiger charge is -2.13. The van der Waals surface area contributed by atoms with Crippen molar-refractivity contribution >= 4 is 29.1 Å². The molecular weight excluding hydrogens is 375 g/mol. The molecule has 28 heavy (non-hydrogen) atoms. The summed E-state index contributed by atoms with van der Waals surface area (Å²) in [6, 6.07) is 19.9. The Hall–Kier alpha value is -2.96. The van der Waals surface area contributed by atoms with Gasteiger partial charge in [0.25, 0.3) is 5.91 Å². The molecule has 0 saturated carbocycles. The number of hydrogen-bond donors (Lipinski definition) is 1. The van der Waals surface area contributed by atoms with E-state index in [0.29, 0.717) is 5.56 Å². The normalized spacial score (nSPS) is 12.5. The van der Waals surface area contributed by atoms with Crippen molar-refractivity contribution < 1.29 is 19.0 Å². The van der Waals surface area contributed by atoms with Gasteiger partial charge in [0.05, 0.1) is 17.6 Å². The minimum absolute atomic E-state index is 0.244. The third-order valence-electron chi connectivity index (χ3n) is 4.54. The van der Waals surface area contributed by atoms with Gasteiger partial charge in [-0.25, -0.2) is 14.4 Å². The molecule has 1 aliphatic rings. The van der Waals surface area contributed by atoms with Gasteiger partial charge >= 0.3 is 0 Å². The molecule has 0 spiro atoms. The van der Waals surface area contributed by atoms with E-state index in [4.69, 9.17) is 4.84 Å². The van der Waals surface area contributed by atoms with Gasteiger partial charge < -0.3 is 0 Å². The molecule has 3 aromatic rings. The highest BCUT2D eigenvalue weighted by atomic mass is 32.2. The van der Waals surface area contributed by atoms with Crippen molar-refractivity contribution in [3.63, 3.8) is 0 Å². The maximum absolute atomic E-state index is 13.9. The first kappa shape index (κ1) is 18.4. The number of hydrogen-bond acceptors (Lipinski definition) is 3. The monoisotopic (exact) mass is 393 g/mol. The van der Waals surface area contributed by atoms with Gasteiger partial charge in [0.15, 0.2) is 0 Å². The van der Waals surface area contributed by atoms with Crippen LogP contribution in [0.5, 0.6) is 0 Å². The van der Waals surface area contributed by atoms with E-state index in [2.05, 4.69) is 4.99 Å². The Morgan fingerprint density at radius 2 is 1.86 bits per heavy atom. The van der Waals surface area contributed by atoms with Crippen LogP contribution in [-0.4, -0.2) is 30.8 Å². The van der Waals surface area contributed by atoms with Crippen LogP contribution < -0.4 is 4.99 Å². The molecule has 1 heterocycles. The molecule has 0 atom stereocenters. The average molecular weight is 393 g/mol. The maximum Gasteiger partial charge on any atom is 0.277 e. The van der Waals surface area contributed by atoms with E-state index >= 15 is 0 Å². The highest BCUT2D eigenvalue weighted by molar-refractivity contribution is 7.99. The van der Waals surface area contributed by atoms with Gasteiger partial charge in [-0.2, -0.15) is 0 Å². The number of rotatable bonds is 3. The Morgan fingerprint density at radius 1 is 1.04 bits per heavy atom. The van der Waals surface area contributed by atoms with Gasteiger partial charge in [-0.1, -0.05) is 30.0 Å². The Kier molecular flexibility index (Phi) is 4.98. The van der Waals surface area contributed by atoms with E-state index in [-0.39, 0.29) is 11.7 Å². The average Bonchev–Trinajstić information content (AvgIpc) is 2.88. The standard InChI is InChI=1S/C22H17FN2O2S/c1-25(27-2)22(26)15-10-11-20-18(13-15)24-21(14-6-5-7-16(23)12-14)17-8-3-4-9-19(17)28-20/h3-13H,1-2H3/p+1. The zero-order valence-corrected chi connectivity index (χ0v) is 16.2. The van der Waals surface area contributed by atoms with Gasteiger partial charge in [-0.15, -0.1) is 0 Å². The number of amides is 1. The fraction of sp³-hybridized carbons (Fsp3) is 0.0909. The molecule has 1 N–H and O–H groups in total. The summed E-state index contributed by atoms with van der Waals surface area (Å²) < 4.78 is 13.9. The lowest BCUT2D eigenvalue weighted by atomic mass is 10.0. The molecule has 6 heteroatoms. The highest BCUT2D eigenvalue weighted by Gasteiger charge is 2.25. The molecule has 0 unspecified atom stereocenters. The number of nitrogens with one attached hydrogen (secondary N) is 1. The number of carbonyl (C=O) groups excluding carboxylic acids is 1. The van der Waals surface area contributed by atoms with E-state index in [1.165, 1.54) is 24.3 Å². The molecule has 0 aromatic heterocycles. The van der Waals surface area contributed by atoms with E-state index < -0.39 is 0 Å². The van der Waals surface area contributed by atoms with E-state index in [9.17, 15) is 9.18 Å². The van der Waals surface area contributed by atoms with Crippen LogP contribution in [0.15, 0.2) is 76.5 Å². The van der Waals surface area contributed by atoms with Crippen molar-refractivity contribution in [3.8, 4) is 0 Å². The number of carbonyl (C=O) groups is 1. The first-order chi connectivity index (χ1) is 13.6. The van der Waals surface area contributed by atoms with Crippen molar-refractivity contribution in [1.29, 1.82) is 0 Å². The zero-order valence-electron chi connectivity index (χ0n) is 15.4. The van der Waals surface area contributed by atoms with Crippen LogP contribution in [0.4, 0.5) is 10.1 Å². The Labute approximate surface area is 166 Å². The fourth-order valence-corrected chi connectivity index (χ4v) is 4.09. The van der Waals surface area contributed by atoms with Gasteiger partial charge in [-0.3, -0.25) is 9.63 Å². The topological polar surface area (TPSA) is 43.5 Å². The number of hydroxylamine groups is 2. The first-order valence-corrected chi connectivity index (χ1v) is 9.52. The molecule has 4 rings (SSSR count). The molecular formula is C22H18FN2O2S+. The Balaban J connectivity index is 1.90. The van der Waals surface area contributed by atoms with Crippen LogP contribution >= 0.6 is 11.8 Å². The fourth-order valence-electron chi connectivity index (χ4n) is 3.07. The molecule has 1 aliphatic heterocycles. The molecule has 0 fully saturated rings. The number of halogens is 1. The third-order valence-corrected chi connectivity index (χ3v) is 5.69. The highest BCUT2D eigenvalue weighted by Crippen LogP contribution is 2.36. The van der Waals surface area contributed by atoms with Gasteiger partial charge in [-0.05, 0) is 42.5 Å². The second-order valence-corrected chi connectivity index (χ2v) is 7.39. The molecule has 4 nitrogen and oxygen atoms in total. The predicted octanol–water partition coefficient (Wildman–Crippen LogP) is 3.17. The predicted molar refractivity (Wildman–Crippen MR) is 106 cm³/mol.